The van der Waals surface area contributed by atoms with Crippen LogP contribution in [0.2, 0.25) is 5.02 Å². The number of benzene rings is 4. The number of ether oxygens (including phenoxy) is 3. The molecule has 51 heavy (non-hydrogen) atoms. The number of nitrogens with zero attached hydrogens (tertiary/aromatic N) is 3. The molecule has 1 aromatic heterocycles. The van der Waals surface area contributed by atoms with E-state index in [1.165, 1.54) is 28.8 Å². The zero-order valence-corrected chi connectivity index (χ0v) is 29.9. The Morgan fingerprint density at radius 1 is 0.824 bits per heavy atom. The highest BCUT2D eigenvalue weighted by Crippen LogP contribution is 2.30. The molecule has 10 heteroatoms. The minimum absolute atomic E-state index is 0. The monoisotopic (exact) mass is 727 g/mol. The predicted molar refractivity (Wildman–Crippen MR) is 201 cm³/mol. The van der Waals surface area contributed by atoms with Crippen molar-refractivity contribution in [2.45, 2.75) is 26.5 Å². The molecule has 5 aromatic rings. The molecule has 0 bridgehead atoms. The Balaban J connectivity index is 0.00000504. The molecule has 264 valence electrons. The molecule has 1 aliphatic heterocycles. The van der Waals surface area contributed by atoms with E-state index in [4.69, 9.17) is 25.8 Å². The fourth-order valence-electron chi connectivity index (χ4n) is 5.47. The number of piperazine rings is 1. The summed E-state index contributed by atoms with van der Waals surface area (Å²) in [5.74, 6) is 1.95. The number of aryl methyl sites for hydroxylation is 1. The van der Waals surface area contributed by atoms with Crippen molar-refractivity contribution < 1.29 is 23.4 Å². The molecule has 1 fully saturated rings. The summed E-state index contributed by atoms with van der Waals surface area (Å²) in [4.78, 5) is 21.5. The summed E-state index contributed by atoms with van der Waals surface area (Å²) in [7, 11) is 0. The van der Waals surface area contributed by atoms with Gasteiger partial charge in [0, 0.05) is 51.3 Å². The van der Waals surface area contributed by atoms with Crippen molar-refractivity contribution >= 4 is 36.0 Å². The number of hydrogen-bond donors (Lipinski definition) is 0. The molecule has 0 aliphatic carbocycles. The van der Waals surface area contributed by atoms with Crippen LogP contribution in [0, 0.1) is 12.7 Å². The Labute approximate surface area is 309 Å². The third-order valence-corrected chi connectivity index (χ3v) is 8.71. The highest BCUT2D eigenvalue weighted by Gasteiger charge is 2.19. The standard InChI is InChI=1S/C41H39ClFN3O4.ClH/c1-30-2-14-36(15-3-30)48-25-20-31-4-6-33(7-5-31)28-45-21-23-46(24-22-45)41(47)19-11-32-10-17-39(38(42)26-32)50-40-18-16-37(27-44-40)49-29-34-8-12-35(43)13-9-34;/h2-19,26-27H,20-25,28-29H2,1H3;1H. The molecule has 0 N–H and O–H groups in total. The molecule has 0 radical (unpaired) electrons. The van der Waals surface area contributed by atoms with E-state index >= 15 is 0 Å². The van der Waals surface area contributed by atoms with E-state index in [0.717, 1.165) is 42.9 Å². The zero-order chi connectivity index (χ0) is 34.7. The highest BCUT2D eigenvalue weighted by atomic mass is 35.5. The average molecular weight is 729 g/mol. The van der Waals surface area contributed by atoms with E-state index in [9.17, 15) is 9.18 Å². The maximum atomic E-state index is 13.1. The van der Waals surface area contributed by atoms with Crippen molar-refractivity contribution in [2.24, 2.45) is 0 Å². The smallest absolute Gasteiger partial charge is 0.246 e. The Hall–Kier alpha value is -4.89. The summed E-state index contributed by atoms with van der Waals surface area (Å²) >= 11 is 6.50. The van der Waals surface area contributed by atoms with Crippen LogP contribution in [0.25, 0.3) is 6.08 Å². The van der Waals surface area contributed by atoms with Gasteiger partial charge < -0.3 is 19.1 Å². The Morgan fingerprint density at radius 2 is 1.51 bits per heavy atom. The van der Waals surface area contributed by atoms with Gasteiger partial charge in [-0.1, -0.05) is 71.8 Å². The third kappa shape index (κ3) is 11.3. The second-order valence-corrected chi connectivity index (χ2v) is 12.6. The number of aromatic nitrogens is 1. The molecular weight excluding hydrogens is 688 g/mol. The van der Waals surface area contributed by atoms with Gasteiger partial charge in [-0.3, -0.25) is 9.69 Å². The number of pyridine rings is 1. The van der Waals surface area contributed by atoms with Crippen molar-refractivity contribution in [2.75, 3.05) is 32.8 Å². The third-order valence-electron chi connectivity index (χ3n) is 8.41. The van der Waals surface area contributed by atoms with E-state index in [2.05, 4.69) is 53.2 Å². The number of carbonyl (C=O) groups is 1. The Morgan fingerprint density at radius 3 is 2.20 bits per heavy atom. The second-order valence-electron chi connectivity index (χ2n) is 12.2. The van der Waals surface area contributed by atoms with Crippen molar-refractivity contribution in [1.29, 1.82) is 0 Å². The van der Waals surface area contributed by atoms with Crippen LogP contribution in [0.15, 0.2) is 115 Å². The number of rotatable bonds is 13. The van der Waals surface area contributed by atoms with E-state index in [-0.39, 0.29) is 24.1 Å². The van der Waals surface area contributed by atoms with E-state index < -0.39 is 0 Å². The first-order chi connectivity index (χ1) is 24.4. The zero-order valence-electron chi connectivity index (χ0n) is 28.3. The van der Waals surface area contributed by atoms with Gasteiger partial charge in [0.2, 0.25) is 11.8 Å². The molecule has 0 atom stereocenters. The molecular formula is C41H40Cl2FN3O4. The molecule has 0 saturated carbocycles. The first-order valence-electron chi connectivity index (χ1n) is 16.6. The fourth-order valence-corrected chi connectivity index (χ4v) is 5.69. The molecule has 2 heterocycles. The van der Waals surface area contributed by atoms with E-state index in [0.29, 0.717) is 48.7 Å². The van der Waals surface area contributed by atoms with Gasteiger partial charge in [0.1, 0.15) is 29.7 Å². The van der Waals surface area contributed by atoms with Crippen LogP contribution in [-0.4, -0.2) is 53.5 Å². The lowest BCUT2D eigenvalue weighted by Crippen LogP contribution is -2.47. The topological polar surface area (TPSA) is 64.1 Å². The molecule has 1 aliphatic rings. The summed E-state index contributed by atoms with van der Waals surface area (Å²) in [5.41, 5.74) is 5.37. The summed E-state index contributed by atoms with van der Waals surface area (Å²) in [6.45, 7) is 6.85. The summed E-state index contributed by atoms with van der Waals surface area (Å²) < 4.78 is 30.5. The second kappa shape index (κ2) is 18.4. The van der Waals surface area contributed by atoms with E-state index in [1.807, 2.05) is 23.1 Å². The summed E-state index contributed by atoms with van der Waals surface area (Å²) in [6.07, 6.45) is 5.77. The van der Waals surface area contributed by atoms with Crippen LogP contribution in [0.4, 0.5) is 4.39 Å². The van der Waals surface area contributed by atoms with Gasteiger partial charge in [0.05, 0.1) is 17.8 Å². The number of carbonyl (C=O) groups excluding carboxylic acids is 1. The minimum Gasteiger partial charge on any atom is -0.493 e. The summed E-state index contributed by atoms with van der Waals surface area (Å²) in [5, 5.41) is 0.398. The van der Waals surface area contributed by atoms with Gasteiger partial charge >= 0.3 is 0 Å². The predicted octanol–water partition coefficient (Wildman–Crippen LogP) is 8.95. The Kier molecular flexibility index (Phi) is 13.5. The SMILES string of the molecule is Cc1ccc(OCCc2ccc(CN3CCN(C(=O)C=Cc4ccc(Oc5ccc(OCc6ccc(F)cc6)cn5)c(Cl)c4)CC3)cc2)cc1.Cl. The summed E-state index contributed by atoms with van der Waals surface area (Å²) in [6, 6.07) is 31.7. The molecule has 6 rings (SSSR count). The van der Waals surface area contributed by atoms with Crippen LogP contribution < -0.4 is 14.2 Å². The van der Waals surface area contributed by atoms with Crippen LogP contribution in [0.3, 0.4) is 0 Å². The van der Waals surface area contributed by atoms with Crippen LogP contribution >= 0.6 is 24.0 Å². The largest absolute Gasteiger partial charge is 0.493 e. The van der Waals surface area contributed by atoms with Crippen LogP contribution in [-0.2, 0) is 24.4 Å². The first kappa shape index (κ1) is 37.4. The lowest BCUT2D eigenvalue weighted by atomic mass is 10.1. The van der Waals surface area contributed by atoms with Crippen LogP contribution in [0.5, 0.6) is 23.1 Å². The van der Waals surface area contributed by atoms with Gasteiger partial charge in [-0.05, 0) is 77.7 Å². The van der Waals surface area contributed by atoms with Gasteiger partial charge in [-0.25, -0.2) is 9.37 Å². The lowest BCUT2D eigenvalue weighted by molar-refractivity contribution is -0.127. The molecule has 0 spiro atoms. The number of halogens is 3. The molecule has 0 unspecified atom stereocenters. The van der Waals surface area contributed by atoms with Gasteiger partial charge in [0.25, 0.3) is 0 Å². The van der Waals surface area contributed by atoms with Gasteiger partial charge in [-0.15, -0.1) is 12.4 Å². The molecule has 7 nitrogen and oxygen atoms in total. The number of amides is 1. The maximum Gasteiger partial charge on any atom is 0.246 e. The normalized spacial score (nSPS) is 13.1. The van der Waals surface area contributed by atoms with Gasteiger partial charge in [-0.2, -0.15) is 0 Å². The van der Waals surface area contributed by atoms with Gasteiger partial charge in [0.15, 0.2) is 0 Å². The number of hydrogen-bond acceptors (Lipinski definition) is 6. The molecule has 4 aromatic carbocycles. The Bertz CT molecular complexity index is 1880. The van der Waals surface area contributed by atoms with Crippen LogP contribution in [0.1, 0.15) is 27.8 Å². The average Bonchev–Trinajstić information content (AvgIpc) is 3.14. The fraction of sp³-hybridized carbons (Fsp3) is 0.220. The highest BCUT2D eigenvalue weighted by molar-refractivity contribution is 6.32. The van der Waals surface area contributed by atoms with E-state index in [1.54, 1.807) is 54.7 Å². The lowest BCUT2D eigenvalue weighted by Gasteiger charge is -2.34. The van der Waals surface area contributed by atoms with Crippen molar-refractivity contribution in [1.82, 2.24) is 14.8 Å². The molecule has 1 saturated heterocycles. The quantitative estimate of drug-likeness (QED) is 0.113. The molecule has 1 amide bonds. The van der Waals surface area contributed by atoms with Crippen molar-refractivity contribution in [3.8, 4) is 23.1 Å². The van der Waals surface area contributed by atoms with Crippen molar-refractivity contribution in [3.63, 3.8) is 0 Å². The van der Waals surface area contributed by atoms with Crippen molar-refractivity contribution in [3.05, 3.63) is 154 Å². The minimum atomic E-state index is -0.288. The maximum absolute atomic E-state index is 13.1. The first-order valence-corrected chi connectivity index (χ1v) is 17.0.